The molecule has 0 unspecified atom stereocenters. The third-order valence-electron chi connectivity index (χ3n) is 3.15. The summed E-state index contributed by atoms with van der Waals surface area (Å²) in [6, 6.07) is 12.9. The Balaban J connectivity index is 2.31. The predicted octanol–water partition coefficient (Wildman–Crippen LogP) is 3.18. The van der Waals surface area contributed by atoms with Crippen molar-refractivity contribution in [2.75, 3.05) is 0 Å². The van der Waals surface area contributed by atoms with Gasteiger partial charge in [0.1, 0.15) is 0 Å². The van der Waals surface area contributed by atoms with Gasteiger partial charge in [0, 0.05) is 5.69 Å². The van der Waals surface area contributed by atoms with Crippen LogP contribution in [0.4, 0.5) is 5.69 Å². The van der Waals surface area contributed by atoms with Gasteiger partial charge in [-0.2, -0.15) is 0 Å². The Morgan fingerprint density at radius 1 is 1.21 bits per heavy atom. The molecule has 3 rings (SSSR count). The van der Waals surface area contributed by atoms with Crippen molar-refractivity contribution >= 4 is 16.7 Å². The lowest BCUT2D eigenvalue weighted by Gasteiger charge is -2.05. The van der Waals surface area contributed by atoms with E-state index in [9.17, 15) is 4.79 Å². The van der Waals surface area contributed by atoms with E-state index in [2.05, 4.69) is 9.83 Å². The molecule has 92 valence electrons. The molecule has 0 spiro atoms. The molecule has 0 amide bonds. The van der Waals surface area contributed by atoms with Crippen LogP contribution in [0.25, 0.3) is 21.6 Å². The first-order valence-electron chi connectivity index (χ1n) is 5.89. The molecule has 0 saturated heterocycles. The van der Waals surface area contributed by atoms with Crippen molar-refractivity contribution < 1.29 is 0 Å². The molecule has 0 aliphatic heterocycles. The smallest absolute Gasteiger partial charge is 0.305 e. The average Bonchev–Trinajstić information content (AvgIpc) is 2.74. The van der Waals surface area contributed by atoms with Gasteiger partial charge >= 0.3 is 5.69 Å². The molecule has 1 aromatic heterocycles. The molecule has 2 aromatic carbocycles. The van der Waals surface area contributed by atoms with Crippen LogP contribution in [-0.4, -0.2) is 9.55 Å². The van der Waals surface area contributed by atoms with Crippen molar-refractivity contribution in [3.63, 3.8) is 0 Å². The van der Waals surface area contributed by atoms with Crippen molar-refractivity contribution in [3.8, 4) is 5.69 Å². The van der Waals surface area contributed by atoms with Gasteiger partial charge in [-0.1, -0.05) is 18.2 Å². The minimum absolute atomic E-state index is 0.170. The number of nitrogens with one attached hydrogen (secondary N) is 1. The Kier molecular flexibility index (Phi) is 2.46. The van der Waals surface area contributed by atoms with Crippen molar-refractivity contribution in [2.24, 2.45) is 0 Å². The van der Waals surface area contributed by atoms with E-state index >= 15 is 0 Å². The number of hydrogen-bond acceptors (Lipinski definition) is 1. The maximum absolute atomic E-state index is 12.1. The topological polar surface area (TPSA) is 42.1 Å². The van der Waals surface area contributed by atoms with Gasteiger partial charge in [0.2, 0.25) is 0 Å². The lowest BCUT2D eigenvalue weighted by molar-refractivity contribution is 1.01. The summed E-state index contributed by atoms with van der Waals surface area (Å²) in [6.07, 6.45) is 0. The number of rotatable bonds is 1. The molecule has 19 heavy (non-hydrogen) atoms. The number of benzene rings is 2. The van der Waals surface area contributed by atoms with E-state index < -0.39 is 0 Å². The van der Waals surface area contributed by atoms with Crippen LogP contribution < -0.4 is 5.69 Å². The van der Waals surface area contributed by atoms with Crippen LogP contribution in [0.2, 0.25) is 0 Å². The molecule has 0 saturated carbocycles. The molecule has 0 fully saturated rings. The molecule has 1 N–H and O–H groups in total. The Labute approximate surface area is 109 Å². The summed E-state index contributed by atoms with van der Waals surface area (Å²) in [4.78, 5) is 18.3. The lowest BCUT2D eigenvalue weighted by atomic mass is 10.2. The zero-order chi connectivity index (χ0) is 13.4. The second kappa shape index (κ2) is 4.14. The van der Waals surface area contributed by atoms with E-state index in [1.807, 2.05) is 37.3 Å². The summed E-state index contributed by atoms with van der Waals surface area (Å²) in [7, 11) is 0. The van der Waals surface area contributed by atoms with Gasteiger partial charge in [-0.3, -0.25) is 4.57 Å². The molecule has 0 aliphatic rings. The normalized spacial score (nSPS) is 10.5. The van der Waals surface area contributed by atoms with Gasteiger partial charge in [0.15, 0.2) is 5.69 Å². The number of aromatic nitrogens is 2. The first-order valence-corrected chi connectivity index (χ1v) is 5.89. The van der Waals surface area contributed by atoms with Crippen molar-refractivity contribution in [1.82, 2.24) is 9.55 Å². The first-order chi connectivity index (χ1) is 9.20. The van der Waals surface area contributed by atoms with E-state index in [0.29, 0.717) is 5.69 Å². The highest BCUT2D eigenvalue weighted by molar-refractivity contribution is 5.77. The minimum atomic E-state index is -0.170. The third-order valence-corrected chi connectivity index (χ3v) is 3.15. The summed E-state index contributed by atoms with van der Waals surface area (Å²) in [6.45, 7) is 8.93. The van der Waals surface area contributed by atoms with Gasteiger partial charge in [0.25, 0.3) is 0 Å². The van der Waals surface area contributed by atoms with Crippen LogP contribution in [0.15, 0.2) is 47.3 Å². The van der Waals surface area contributed by atoms with Gasteiger partial charge in [-0.05, 0) is 36.8 Å². The lowest BCUT2D eigenvalue weighted by Crippen LogP contribution is -2.14. The Hall–Kier alpha value is -2.80. The third kappa shape index (κ3) is 1.72. The standard InChI is InChI=1S/C15H11N3O/c1-10-9-11(7-8-12(10)16-2)18-14-6-4-3-5-13(14)17-15(18)19/h3-9H,1H3,(H,17,19). The average molecular weight is 249 g/mol. The highest BCUT2D eigenvalue weighted by atomic mass is 16.1. The molecule has 1 heterocycles. The second-order valence-corrected chi connectivity index (χ2v) is 4.37. The monoisotopic (exact) mass is 249 g/mol. The number of hydrogen-bond donors (Lipinski definition) is 1. The number of H-pyrrole nitrogens is 1. The summed E-state index contributed by atoms with van der Waals surface area (Å²) in [5, 5.41) is 0. The molecular formula is C15H11N3O. The van der Waals surface area contributed by atoms with Crippen LogP contribution in [0.5, 0.6) is 0 Å². The van der Waals surface area contributed by atoms with E-state index in [4.69, 9.17) is 6.57 Å². The number of nitrogens with zero attached hydrogens (tertiary/aromatic N) is 2. The van der Waals surface area contributed by atoms with Gasteiger partial charge in [-0.25, -0.2) is 9.64 Å². The second-order valence-electron chi connectivity index (χ2n) is 4.37. The van der Waals surface area contributed by atoms with Crippen molar-refractivity contribution in [1.29, 1.82) is 0 Å². The summed E-state index contributed by atoms with van der Waals surface area (Å²) < 4.78 is 1.62. The van der Waals surface area contributed by atoms with Gasteiger partial charge < -0.3 is 4.98 Å². The Morgan fingerprint density at radius 2 is 2.00 bits per heavy atom. The number of para-hydroxylation sites is 2. The number of imidazole rings is 1. The van der Waals surface area contributed by atoms with E-state index in [-0.39, 0.29) is 5.69 Å². The molecular weight excluding hydrogens is 238 g/mol. The van der Waals surface area contributed by atoms with E-state index in [1.165, 1.54) is 0 Å². The Morgan fingerprint density at radius 3 is 2.74 bits per heavy atom. The Bertz CT molecular complexity index is 865. The maximum atomic E-state index is 12.1. The van der Waals surface area contributed by atoms with Crippen LogP contribution in [0.1, 0.15) is 5.56 Å². The zero-order valence-electron chi connectivity index (χ0n) is 10.3. The molecule has 0 radical (unpaired) electrons. The summed E-state index contributed by atoms with van der Waals surface area (Å²) in [5.74, 6) is 0. The van der Waals surface area contributed by atoms with E-state index in [0.717, 1.165) is 22.3 Å². The fraction of sp³-hybridized carbons (Fsp3) is 0.0667. The first kappa shape index (κ1) is 11.3. The largest absolute Gasteiger partial charge is 0.331 e. The molecule has 4 heteroatoms. The quantitative estimate of drug-likeness (QED) is 0.661. The molecule has 4 nitrogen and oxygen atoms in total. The highest BCUT2D eigenvalue weighted by Crippen LogP contribution is 2.23. The summed E-state index contributed by atoms with van der Waals surface area (Å²) in [5.41, 5.74) is 3.71. The molecule has 0 aliphatic carbocycles. The van der Waals surface area contributed by atoms with Crippen LogP contribution >= 0.6 is 0 Å². The number of aromatic amines is 1. The van der Waals surface area contributed by atoms with Crippen LogP contribution in [-0.2, 0) is 0 Å². The van der Waals surface area contributed by atoms with Crippen molar-refractivity contribution in [2.45, 2.75) is 6.92 Å². The van der Waals surface area contributed by atoms with Gasteiger partial charge in [0.05, 0.1) is 17.6 Å². The molecule has 3 aromatic rings. The predicted molar refractivity (Wildman–Crippen MR) is 74.9 cm³/mol. The maximum Gasteiger partial charge on any atom is 0.331 e. The number of aryl methyl sites for hydroxylation is 1. The fourth-order valence-electron chi connectivity index (χ4n) is 2.22. The van der Waals surface area contributed by atoms with Crippen molar-refractivity contribution in [3.05, 3.63) is 69.9 Å². The fourth-order valence-corrected chi connectivity index (χ4v) is 2.22. The van der Waals surface area contributed by atoms with Gasteiger partial charge in [-0.15, -0.1) is 0 Å². The minimum Gasteiger partial charge on any atom is -0.305 e. The van der Waals surface area contributed by atoms with Crippen LogP contribution in [0, 0.1) is 13.5 Å². The van der Waals surface area contributed by atoms with E-state index in [1.54, 1.807) is 16.7 Å². The SMILES string of the molecule is [C-]#[N+]c1ccc(-n2c(=O)[nH]c3ccccc32)cc1C. The van der Waals surface area contributed by atoms with Crippen LogP contribution in [0.3, 0.4) is 0 Å². The summed E-state index contributed by atoms with van der Waals surface area (Å²) >= 11 is 0. The molecule has 0 atom stereocenters. The zero-order valence-corrected chi connectivity index (χ0v) is 10.3. The molecule has 0 bridgehead atoms. The number of fused-ring (bicyclic) bond motifs is 1. The highest BCUT2D eigenvalue weighted by Gasteiger charge is 2.09.